The highest BCUT2D eigenvalue weighted by molar-refractivity contribution is 7.89. The topological polar surface area (TPSA) is 95.1 Å². The van der Waals surface area contributed by atoms with Crippen LogP contribution in [0.3, 0.4) is 0 Å². The standard InChI is InChI=1S/C12H18F3N3O3S/c1-2-9-5-16-10(18-9)6-17-22(20,21)7-8-3-11(19,4-8)12(13,14)15/h5,8,17,19H,2-4,6-7H2,1H3,(H,16,18). The van der Waals surface area contributed by atoms with Crippen LogP contribution < -0.4 is 4.72 Å². The molecule has 1 fully saturated rings. The maximum Gasteiger partial charge on any atom is 0.417 e. The summed E-state index contributed by atoms with van der Waals surface area (Å²) < 4.78 is 63.4. The second kappa shape index (κ2) is 5.82. The number of aryl methyl sites for hydroxylation is 1. The van der Waals surface area contributed by atoms with Gasteiger partial charge >= 0.3 is 6.18 Å². The summed E-state index contributed by atoms with van der Waals surface area (Å²) in [7, 11) is -3.72. The smallest absolute Gasteiger partial charge is 0.380 e. The number of aromatic amines is 1. The zero-order valence-corrected chi connectivity index (χ0v) is 12.8. The minimum Gasteiger partial charge on any atom is -0.380 e. The molecular formula is C12H18F3N3O3S. The van der Waals surface area contributed by atoms with Crippen molar-refractivity contribution >= 4 is 10.0 Å². The fourth-order valence-electron chi connectivity index (χ4n) is 2.47. The van der Waals surface area contributed by atoms with E-state index in [1.165, 1.54) is 0 Å². The van der Waals surface area contributed by atoms with Gasteiger partial charge < -0.3 is 10.1 Å². The molecule has 0 bridgehead atoms. The van der Waals surface area contributed by atoms with Crippen molar-refractivity contribution in [3.63, 3.8) is 0 Å². The molecule has 0 unspecified atom stereocenters. The van der Waals surface area contributed by atoms with E-state index >= 15 is 0 Å². The van der Waals surface area contributed by atoms with Crippen molar-refractivity contribution in [2.45, 2.75) is 44.5 Å². The van der Waals surface area contributed by atoms with Gasteiger partial charge in [-0.15, -0.1) is 0 Å². The van der Waals surface area contributed by atoms with Crippen LogP contribution in [0.4, 0.5) is 13.2 Å². The quantitative estimate of drug-likeness (QED) is 0.722. The van der Waals surface area contributed by atoms with Gasteiger partial charge in [0.2, 0.25) is 10.0 Å². The summed E-state index contributed by atoms with van der Waals surface area (Å²) in [6.07, 6.45) is -3.56. The Bertz CT molecular complexity index is 621. The van der Waals surface area contributed by atoms with Crippen molar-refractivity contribution in [2.24, 2.45) is 5.92 Å². The Balaban J connectivity index is 1.83. The van der Waals surface area contributed by atoms with E-state index in [0.29, 0.717) is 5.82 Å². The zero-order valence-electron chi connectivity index (χ0n) is 11.9. The number of alkyl halides is 3. The minimum atomic E-state index is -4.72. The van der Waals surface area contributed by atoms with E-state index in [2.05, 4.69) is 14.7 Å². The van der Waals surface area contributed by atoms with Gasteiger partial charge in [-0.2, -0.15) is 13.2 Å². The van der Waals surface area contributed by atoms with E-state index < -0.39 is 46.3 Å². The van der Waals surface area contributed by atoms with E-state index in [9.17, 15) is 26.7 Å². The number of nitrogens with zero attached hydrogens (tertiary/aromatic N) is 1. The third kappa shape index (κ3) is 3.79. The third-order valence-corrected chi connectivity index (χ3v) is 5.25. The Morgan fingerprint density at radius 1 is 1.50 bits per heavy atom. The van der Waals surface area contributed by atoms with Crippen molar-refractivity contribution in [1.29, 1.82) is 0 Å². The predicted octanol–water partition coefficient (Wildman–Crippen LogP) is 1.09. The average molecular weight is 341 g/mol. The molecule has 1 heterocycles. The lowest BCUT2D eigenvalue weighted by molar-refractivity contribution is -0.296. The molecule has 10 heteroatoms. The number of rotatable bonds is 6. The largest absolute Gasteiger partial charge is 0.417 e. The molecule has 6 nitrogen and oxygen atoms in total. The number of hydrogen-bond donors (Lipinski definition) is 3. The van der Waals surface area contributed by atoms with Gasteiger partial charge in [-0.05, 0) is 25.2 Å². The van der Waals surface area contributed by atoms with Crippen molar-refractivity contribution in [1.82, 2.24) is 14.7 Å². The van der Waals surface area contributed by atoms with Crippen LogP contribution in [-0.4, -0.2) is 41.0 Å². The summed E-state index contributed by atoms with van der Waals surface area (Å²) in [5.41, 5.74) is -1.88. The van der Waals surface area contributed by atoms with Gasteiger partial charge in [0.15, 0.2) is 5.60 Å². The van der Waals surface area contributed by atoms with Gasteiger partial charge in [0, 0.05) is 11.9 Å². The SMILES string of the molecule is CCc1cnc(CNS(=O)(=O)CC2CC(O)(C(F)(F)F)C2)[nH]1. The molecule has 0 aromatic carbocycles. The Kier molecular flexibility index (Phi) is 4.56. The van der Waals surface area contributed by atoms with Crippen molar-refractivity contribution in [3.05, 3.63) is 17.7 Å². The molecule has 1 aromatic rings. The molecule has 0 amide bonds. The average Bonchev–Trinajstić information content (AvgIpc) is 2.81. The molecule has 126 valence electrons. The Hall–Kier alpha value is -1.13. The summed E-state index contributed by atoms with van der Waals surface area (Å²) in [4.78, 5) is 6.91. The third-order valence-electron chi connectivity index (χ3n) is 3.76. The lowest BCUT2D eigenvalue weighted by atomic mass is 9.71. The zero-order chi connectivity index (χ0) is 16.6. The molecule has 3 N–H and O–H groups in total. The molecule has 0 aliphatic heterocycles. The van der Waals surface area contributed by atoms with Gasteiger partial charge in [-0.1, -0.05) is 6.92 Å². The molecule has 1 saturated carbocycles. The van der Waals surface area contributed by atoms with Gasteiger partial charge in [0.25, 0.3) is 0 Å². The first kappa shape index (κ1) is 17.2. The number of H-pyrrole nitrogens is 1. The summed E-state index contributed by atoms with van der Waals surface area (Å²) in [6, 6.07) is 0. The molecular weight excluding hydrogens is 323 g/mol. The van der Waals surface area contributed by atoms with Crippen LogP contribution in [0.2, 0.25) is 0 Å². The second-order valence-electron chi connectivity index (χ2n) is 5.61. The first-order valence-corrected chi connectivity index (χ1v) is 8.49. The molecule has 0 spiro atoms. The normalized spacial score (nSPS) is 26.0. The number of halogens is 3. The van der Waals surface area contributed by atoms with Gasteiger partial charge in [-0.3, -0.25) is 0 Å². The van der Waals surface area contributed by atoms with E-state index in [4.69, 9.17) is 0 Å². The first-order valence-electron chi connectivity index (χ1n) is 6.84. The van der Waals surface area contributed by atoms with Crippen LogP contribution >= 0.6 is 0 Å². The van der Waals surface area contributed by atoms with Crippen LogP contribution in [0, 0.1) is 5.92 Å². The van der Waals surface area contributed by atoms with Crippen LogP contribution in [0.15, 0.2) is 6.20 Å². The molecule has 1 aliphatic carbocycles. The molecule has 0 radical (unpaired) electrons. The number of aromatic nitrogens is 2. The lowest BCUT2D eigenvalue weighted by Gasteiger charge is -2.44. The van der Waals surface area contributed by atoms with E-state index in [1.807, 2.05) is 6.92 Å². The number of hydrogen-bond acceptors (Lipinski definition) is 4. The Morgan fingerprint density at radius 2 is 2.14 bits per heavy atom. The summed E-state index contributed by atoms with van der Waals surface area (Å²) in [6.45, 7) is 1.87. The molecule has 1 aliphatic rings. The summed E-state index contributed by atoms with van der Waals surface area (Å²) >= 11 is 0. The Morgan fingerprint density at radius 3 is 2.64 bits per heavy atom. The van der Waals surface area contributed by atoms with Gasteiger partial charge in [0.1, 0.15) is 5.82 Å². The molecule has 1 aromatic heterocycles. The summed E-state index contributed by atoms with van der Waals surface area (Å²) in [5, 5.41) is 9.30. The van der Waals surface area contributed by atoms with Crippen LogP contribution in [-0.2, 0) is 23.0 Å². The lowest BCUT2D eigenvalue weighted by Crippen LogP contribution is -2.56. The number of imidazole rings is 1. The van der Waals surface area contributed by atoms with Gasteiger partial charge in [-0.25, -0.2) is 18.1 Å². The van der Waals surface area contributed by atoms with Gasteiger partial charge in [0.05, 0.1) is 12.3 Å². The maximum atomic E-state index is 12.5. The highest BCUT2D eigenvalue weighted by Gasteiger charge is 2.61. The number of aliphatic hydroxyl groups is 1. The molecule has 0 atom stereocenters. The Labute approximate surface area is 126 Å². The number of nitrogens with one attached hydrogen (secondary N) is 2. The predicted molar refractivity (Wildman–Crippen MR) is 72.3 cm³/mol. The summed E-state index contributed by atoms with van der Waals surface area (Å²) in [5.74, 6) is -0.694. The van der Waals surface area contributed by atoms with Crippen molar-refractivity contribution in [3.8, 4) is 0 Å². The molecule has 2 rings (SSSR count). The fraction of sp³-hybridized carbons (Fsp3) is 0.750. The van der Waals surface area contributed by atoms with Crippen LogP contribution in [0.1, 0.15) is 31.3 Å². The van der Waals surface area contributed by atoms with E-state index in [0.717, 1.165) is 12.1 Å². The molecule has 22 heavy (non-hydrogen) atoms. The fourth-order valence-corrected chi connectivity index (χ4v) is 3.80. The van der Waals surface area contributed by atoms with Crippen molar-refractivity contribution in [2.75, 3.05) is 5.75 Å². The van der Waals surface area contributed by atoms with Crippen molar-refractivity contribution < 1.29 is 26.7 Å². The second-order valence-corrected chi connectivity index (χ2v) is 7.47. The highest BCUT2D eigenvalue weighted by atomic mass is 32.2. The highest BCUT2D eigenvalue weighted by Crippen LogP contribution is 2.48. The number of sulfonamides is 1. The monoisotopic (exact) mass is 341 g/mol. The molecule has 0 saturated heterocycles. The van der Waals surface area contributed by atoms with E-state index in [-0.39, 0.29) is 6.54 Å². The first-order chi connectivity index (χ1) is 10.0. The maximum absolute atomic E-state index is 12.5. The van der Waals surface area contributed by atoms with Crippen LogP contribution in [0.5, 0.6) is 0 Å². The van der Waals surface area contributed by atoms with E-state index in [1.54, 1.807) is 6.20 Å². The van der Waals surface area contributed by atoms with Crippen LogP contribution in [0.25, 0.3) is 0 Å². The minimum absolute atomic E-state index is 0.0431.